The molecule has 5 nitrogen and oxygen atoms in total. The molecule has 6 heteroatoms. The Morgan fingerprint density at radius 2 is 2.56 bits per heavy atom. The molecule has 0 spiro atoms. The number of carbonyl (C=O) groups excluding carboxylic acids is 1. The van der Waals surface area contributed by atoms with Crippen molar-refractivity contribution in [3.8, 4) is 0 Å². The van der Waals surface area contributed by atoms with Gasteiger partial charge in [0.05, 0.1) is 17.2 Å². The van der Waals surface area contributed by atoms with E-state index in [0.717, 1.165) is 17.8 Å². The lowest BCUT2D eigenvalue weighted by atomic mass is 10.2. The number of aromatic nitrogens is 1. The second kappa shape index (κ2) is 6.26. The van der Waals surface area contributed by atoms with Gasteiger partial charge in [-0.3, -0.25) is 4.79 Å². The van der Waals surface area contributed by atoms with Gasteiger partial charge in [0.25, 0.3) is 0 Å². The summed E-state index contributed by atoms with van der Waals surface area (Å²) in [6.07, 6.45) is 3.78. The van der Waals surface area contributed by atoms with Crippen molar-refractivity contribution in [2.45, 2.75) is 38.3 Å². The Labute approximate surface area is 111 Å². The average molecular weight is 269 g/mol. The van der Waals surface area contributed by atoms with E-state index in [9.17, 15) is 9.90 Å². The fraction of sp³-hybridized carbons (Fsp3) is 0.667. The minimum atomic E-state index is -0.396. The maximum atomic E-state index is 11.7. The predicted molar refractivity (Wildman–Crippen MR) is 70.6 cm³/mol. The first kappa shape index (κ1) is 13.5. The van der Waals surface area contributed by atoms with Crippen molar-refractivity contribution < 1.29 is 9.90 Å². The number of aliphatic hydroxyl groups excluding tert-OH is 1. The number of aliphatic hydroxyl groups is 1. The van der Waals surface area contributed by atoms with Gasteiger partial charge in [-0.2, -0.15) is 0 Å². The second-order valence-corrected chi connectivity index (χ2v) is 5.67. The molecule has 1 aliphatic rings. The molecule has 0 radical (unpaired) electrons. The molecule has 2 atom stereocenters. The number of hydrogen-bond donors (Lipinski definition) is 3. The van der Waals surface area contributed by atoms with Gasteiger partial charge in [0, 0.05) is 30.6 Å². The maximum absolute atomic E-state index is 11.7. The zero-order chi connectivity index (χ0) is 13.0. The molecular weight excluding hydrogens is 250 g/mol. The molecule has 18 heavy (non-hydrogen) atoms. The third-order valence-electron chi connectivity index (χ3n) is 3.01. The number of nitrogens with one attached hydrogen (secondary N) is 2. The van der Waals surface area contributed by atoms with Gasteiger partial charge in [0.15, 0.2) is 0 Å². The number of rotatable bonds is 5. The van der Waals surface area contributed by atoms with Crippen LogP contribution in [0.1, 0.15) is 23.2 Å². The van der Waals surface area contributed by atoms with Crippen molar-refractivity contribution in [3.63, 3.8) is 0 Å². The predicted octanol–water partition coefficient (Wildman–Crippen LogP) is 0.0870. The fourth-order valence-electron chi connectivity index (χ4n) is 1.96. The molecule has 0 aromatic carbocycles. The lowest BCUT2D eigenvalue weighted by Crippen LogP contribution is -2.41. The topological polar surface area (TPSA) is 74.2 Å². The molecule has 1 aromatic heterocycles. The zero-order valence-corrected chi connectivity index (χ0v) is 11.3. The van der Waals surface area contributed by atoms with E-state index in [4.69, 9.17) is 0 Å². The van der Waals surface area contributed by atoms with Crippen molar-refractivity contribution in [2.75, 3.05) is 13.1 Å². The van der Waals surface area contributed by atoms with Crippen LogP contribution < -0.4 is 10.6 Å². The highest BCUT2D eigenvalue weighted by atomic mass is 32.1. The summed E-state index contributed by atoms with van der Waals surface area (Å²) in [5.41, 5.74) is 0. The zero-order valence-electron chi connectivity index (χ0n) is 10.5. The van der Waals surface area contributed by atoms with Crippen LogP contribution >= 0.6 is 11.3 Å². The van der Waals surface area contributed by atoms with E-state index in [1.807, 2.05) is 6.20 Å². The Morgan fingerprint density at radius 1 is 1.72 bits per heavy atom. The van der Waals surface area contributed by atoms with E-state index in [-0.39, 0.29) is 11.9 Å². The van der Waals surface area contributed by atoms with Crippen molar-refractivity contribution in [1.82, 2.24) is 15.6 Å². The summed E-state index contributed by atoms with van der Waals surface area (Å²) in [6, 6.07) is -0.248. The van der Waals surface area contributed by atoms with Crippen molar-refractivity contribution in [3.05, 3.63) is 16.1 Å². The molecular formula is C12H19N3O2S. The van der Waals surface area contributed by atoms with Gasteiger partial charge in [-0.1, -0.05) is 6.92 Å². The number of hydrogen-bond acceptors (Lipinski definition) is 5. The molecule has 2 unspecified atom stereocenters. The van der Waals surface area contributed by atoms with E-state index < -0.39 is 6.10 Å². The van der Waals surface area contributed by atoms with Gasteiger partial charge in [-0.15, -0.1) is 11.3 Å². The van der Waals surface area contributed by atoms with Crippen molar-refractivity contribution in [1.29, 1.82) is 0 Å². The van der Waals surface area contributed by atoms with Crippen LogP contribution in [-0.4, -0.2) is 41.2 Å². The Bertz CT molecular complexity index is 408. The normalized spacial score (nSPS) is 23.2. The van der Waals surface area contributed by atoms with Crippen LogP contribution in [0.25, 0.3) is 0 Å². The molecule has 1 aromatic rings. The quantitative estimate of drug-likeness (QED) is 0.708. The van der Waals surface area contributed by atoms with Crippen LogP contribution in [0.2, 0.25) is 0 Å². The fourth-order valence-corrected chi connectivity index (χ4v) is 2.82. The minimum absolute atomic E-state index is 0.0289. The largest absolute Gasteiger partial charge is 0.392 e. The van der Waals surface area contributed by atoms with E-state index in [0.29, 0.717) is 19.5 Å². The highest BCUT2D eigenvalue weighted by Crippen LogP contribution is 2.13. The number of carbonyl (C=O) groups is 1. The molecule has 1 aliphatic heterocycles. The molecule has 2 rings (SSSR count). The van der Waals surface area contributed by atoms with E-state index in [1.54, 1.807) is 11.3 Å². The van der Waals surface area contributed by atoms with Crippen LogP contribution in [0.4, 0.5) is 0 Å². The van der Waals surface area contributed by atoms with Crippen LogP contribution in [0.3, 0.4) is 0 Å². The minimum Gasteiger partial charge on any atom is -0.392 e. The first-order valence-corrected chi connectivity index (χ1v) is 7.13. The molecule has 100 valence electrons. The summed E-state index contributed by atoms with van der Waals surface area (Å²) in [7, 11) is 0. The molecule has 3 N–H and O–H groups in total. The van der Waals surface area contributed by atoms with E-state index >= 15 is 0 Å². The molecule has 0 saturated carbocycles. The lowest BCUT2D eigenvalue weighted by Gasteiger charge is -2.10. The van der Waals surface area contributed by atoms with Crippen molar-refractivity contribution in [2.24, 2.45) is 0 Å². The van der Waals surface area contributed by atoms with Crippen LogP contribution in [0.15, 0.2) is 6.20 Å². The van der Waals surface area contributed by atoms with E-state index in [2.05, 4.69) is 22.5 Å². The summed E-state index contributed by atoms with van der Waals surface area (Å²) in [4.78, 5) is 17.3. The standard InChI is InChI=1S/C12H19N3O2S/c1-2-9-7-15-11(18-9)3-4-13-12(17)10-5-8(16)6-14-10/h7-8,10,14,16H,2-6H2,1H3,(H,13,17). The molecule has 1 fully saturated rings. The molecule has 1 saturated heterocycles. The molecule has 2 heterocycles. The lowest BCUT2D eigenvalue weighted by molar-refractivity contribution is -0.122. The molecule has 1 amide bonds. The first-order valence-electron chi connectivity index (χ1n) is 6.31. The number of thiazole rings is 1. The van der Waals surface area contributed by atoms with Gasteiger partial charge in [-0.25, -0.2) is 4.98 Å². The second-order valence-electron chi connectivity index (χ2n) is 4.47. The molecule has 0 bridgehead atoms. The smallest absolute Gasteiger partial charge is 0.237 e. The Hall–Kier alpha value is -0.980. The summed E-state index contributed by atoms with van der Waals surface area (Å²) >= 11 is 1.70. The first-order chi connectivity index (χ1) is 8.69. The number of β-amino-alcohol motifs (C(OH)–C–C–N with tert-alkyl or cyclic N) is 1. The third-order valence-corrected chi connectivity index (χ3v) is 4.21. The van der Waals surface area contributed by atoms with Crippen LogP contribution in [0.5, 0.6) is 0 Å². The molecule has 0 aliphatic carbocycles. The Balaban J connectivity index is 1.70. The summed E-state index contributed by atoms with van der Waals surface area (Å²) < 4.78 is 0. The van der Waals surface area contributed by atoms with Gasteiger partial charge < -0.3 is 15.7 Å². The SMILES string of the molecule is CCc1cnc(CCNC(=O)C2CC(O)CN2)s1. The van der Waals surface area contributed by atoms with Crippen molar-refractivity contribution >= 4 is 17.2 Å². The average Bonchev–Trinajstić information content (AvgIpc) is 2.98. The Morgan fingerprint density at radius 3 is 3.17 bits per heavy atom. The number of aryl methyl sites for hydroxylation is 1. The summed E-state index contributed by atoms with van der Waals surface area (Å²) in [5.74, 6) is -0.0289. The number of amides is 1. The monoisotopic (exact) mass is 269 g/mol. The van der Waals surface area contributed by atoms with Gasteiger partial charge in [0.2, 0.25) is 5.91 Å². The van der Waals surface area contributed by atoms with Gasteiger partial charge >= 0.3 is 0 Å². The van der Waals surface area contributed by atoms with Crippen LogP contribution in [0, 0.1) is 0 Å². The van der Waals surface area contributed by atoms with Crippen LogP contribution in [-0.2, 0) is 17.6 Å². The van der Waals surface area contributed by atoms with E-state index in [1.165, 1.54) is 4.88 Å². The highest BCUT2D eigenvalue weighted by molar-refractivity contribution is 7.11. The Kier molecular flexibility index (Phi) is 4.68. The van der Waals surface area contributed by atoms with Gasteiger partial charge in [0.1, 0.15) is 0 Å². The summed E-state index contributed by atoms with van der Waals surface area (Å²) in [5, 5.41) is 16.3. The third kappa shape index (κ3) is 3.51. The summed E-state index contributed by atoms with van der Waals surface area (Å²) in [6.45, 7) is 3.21. The maximum Gasteiger partial charge on any atom is 0.237 e. The van der Waals surface area contributed by atoms with Gasteiger partial charge in [-0.05, 0) is 12.8 Å². The number of nitrogens with zero attached hydrogens (tertiary/aromatic N) is 1. The highest BCUT2D eigenvalue weighted by Gasteiger charge is 2.27.